The van der Waals surface area contributed by atoms with Crippen LogP contribution in [0.3, 0.4) is 0 Å². The maximum absolute atomic E-state index is 5.66. The Balaban J connectivity index is 1.50. The molecule has 1 aliphatic heterocycles. The molecular weight excluding hydrogens is 246 g/mol. The van der Waals surface area contributed by atoms with Crippen molar-refractivity contribution < 1.29 is 4.74 Å². The molecule has 0 amide bonds. The van der Waals surface area contributed by atoms with Gasteiger partial charge in [0.1, 0.15) is 0 Å². The Labute approximate surface area is 112 Å². The van der Waals surface area contributed by atoms with Gasteiger partial charge in [0.2, 0.25) is 0 Å². The molecule has 1 aromatic rings. The standard InChI is InChI=1S/C13H21N3OS/c1-16(9-11-3-2-6-17-11)13-15-8-12(18-13)7-14-10-4-5-10/h8,10-11,14H,2-7,9H2,1H3. The number of nitrogens with zero attached hydrogens (tertiary/aromatic N) is 2. The summed E-state index contributed by atoms with van der Waals surface area (Å²) in [7, 11) is 2.11. The smallest absolute Gasteiger partial charge is 0.185 e. The fraction of sp³-hybridized carbons (Fsp3) is 0.769. The third-order valence-corrected chi connectivity index (χ3v) is 4.62. The van der Waals surface area contributed by atoms with Gasteiger partial charge in [0.05, 0.1) is 6.10 Å². The summed E-state index contributed by atoms with van der Waals surface area (Å²) in [6.45, 7) is 2.85. The molecule has 0 bridgehead atoms. The van der Waals surface area contributed by atoms with E-state index in [9.17, 15) is 0 Å². The molecule has 18 heavy (non-hydrogen) atoms. The van der Waals surface area contributed by atoms with Crippen LogP contribution in [0.1, 0.15) is 30.6 Å². The van der Waals surface area contributed by atoms with E-state index in [1.165, 1.54) is 30.6 Å². The van der Waals surface area contributed by atoms with E-state index < -0.39 is 0 Å². The van der Waals surface area contributed by atoms with Crippen molar-refractivity contribution in [3.8, 4) is 0 Å². The van der Waals surface area contributed by atoms with Crippen LogP contribution < -0.4 is 10.2 Å². The summed E-state index contributed by atoms with van der Waals surface area (Å²) >= 11 is 1.79. The molecule has 1 N–H and O–H groups in total. The molecule has 0 aromatic carbocycles. The molecule has 0 radical (unpaired) electrons. The lowest BCUT2D eigenvalue weighted by atomic mass is 10.2. The number of aromatic nitrogens is 1. The predicted octanol–water partition coefficient (Wildman–Crippen LogP) is 2.01. The summed E-state index contributed by atoms with van der Waals surface area (Å²) in [6, 6.07) is 0.764. The summed E-state index contributed by atoms with van der Waals surface area (Å²) in [4.78, 5) is 8.06. The molecule has 3 rings (SSSR count). The van der Waals surface area contributed by atoms with Crippen molar-refractivity contribution in [3.63, 3.8) is 0 Å². The maximum atomic E-state index is 5.66. The summed E-state index contributed by atoms with van der Waals surface area (Å²) in [5.41, 5.74) is 0. The highest BCUT2D eigenvalue weighted by molar-refractivity contribution is 7.15. The first-order valence-electron chi connectivity index (χ1n) is 6.82. The lowest BCUT2D eigenvalue weighted by molar-refractivity contribution is 0.116. The quantitative estimate of drug-likeness (QED) is 0.855. The third kappa shape index (κ3) is 3.22. The molecule has 1 aromatic heterocycles. The van der Waals surface area contributed by atoms with Crippen molar-refractivity contribution in [1.82, 2.24) is 10.3 Å². The average molecular weight is 267 g/mol. The van der Waals surface area contributed by atoms with E-state index >= 15 is 0 Å². The monoisotopic (exact) mass is 267 g/mol. The zero-order chi connectivity index (χ0) is 12.4. The van der Waals surface area contributed by atoms with Gasteiger partial charge in [0.25, 0.3) is 0 Å². The van der Waals surface area contributed by atoms with Crippen LogP contribution >= 0.6 is 11.3 Å². The van der Waals surface area contributed by atoms with Gasteiger partial charge < -0.3 is 15.0 Å². The number of anilines is 1. The summed E-state index contributed by atoms with van der Waals surface area (Å²) < 4.78 is 5.66. The highest BCUT2D eigenvalue weighted by Gasteiger charge is 2.21. The molecule has 1 atom stereocenters. The van der Waals surface area contributed by atoms with E-state index in [-0.39, 0.29) is 0 Å². The Bertz CT molecular complexity index is 385. The van der Waals surface area contributed by atoms with E-state index in [0.29, 0.717) is 6.10 Å². The van der Waals surface area contributed by atoms with E-state index in [2.05, 4.69) is 22.2 Å². The van der Waals surface area contributed by atoms with Crippen LogP contribution in [-0.2, 0) is 11.3 Å². The van der Waals surface area contributed by atoms with Crippen molar-refractivity contribution >= 4 is 16.5 Å². The molecule has 5 heteroatoms. The normalized spacial score (nSPS) is 23.5. The van der Waals surface area contributed by atoms with Gasteiger partial charge in [-0.05, 0) is 25.7 Å². The van der Waals surface area contributed by atoms with Crippen LogP contribution in [0.4, 0.5) is 5.13 Å². The zero-order valence-electron chi connectivity index (χ0n) is 10.9. The molecule has 1 saturated carbocycles. The van der Waals surface area contributed by atoms with Crippen LogP contribution in [0, 0.1) is 0 Å². The lowest BCUT2D eigenvalue weighted by Gasteiger charge is -2.19. The third-order valence-electron chi connectivity index (χ3n) is 3.51. The van der Waals surface area contributed by atoms with Crippen molar-refractivity contribution in [3.05, 3.63) is 11.1 Å². The van der Waals surface area contributed by atoms with Gasteiger partial charge in [0.15, 0.2) is 5.13 Å². The molecule has 2 heterocycles. The highest BCUT2D eigenvalue weighted by Crippen LogP contribution is 2.25. The fourth-order valence-corrected chi connectivity index (χ4v) is 3.09. The minimum absolute atomic E-state index is 0.395. The largest absolute Gasteiger partial charge is 0.376 e. The van der Waals surface area contributed by atoms with E-state index in [4.69, 9.17) is 4.74 Å². The second-order valence-electron chi connectivity index (χ2n) is 5.28. The van der Waals surface area contributed by atoms with Gasteiger partial charge in [0, 0.05) is 43.9 Å². The Morgan fingerprint density at radius 1 is 1.50 bits per heavy atom. The molecule has 2 aliphatic rings. The predicted molar refractivity (Wildman–Crippen MR) is 74.2 cm³/mol. The number of ether oxygens (including phenoxy) is 1. The number of hydrogen-bond acceptors (Lipinski definition) is 5. The minimum atomic E-state index is 0.395. The van der Waals surface area contributed by atoms with E-state index in [1.807, 2.05) is 6.20 Å². The van der Waals surface area contributed by atoms with Gasteiger partial charge in [-0.1, -0.05) is 0 Å². The Morgan fingerprint density at radius 2 is 2.39 bits per heavy atom. The topological polar surface area (TPSA) is 37.4 Å². The van der Waals surface area contributed by atoms with E-state index in [0.717, 1.165) is 30.9 Å². The highest BCUT2D eigenvalue weighted by atomic mass is 32.1. The second kappa shape index (κ2) is 5.55. The van der Waals surface area contributed by atoms with Gasteiger partial charge in [-0.25, -0.2) is 4.98 Å². The van der Waals surface area contributed by atoms with Gasteiger partial charge in [-0.2, -0.15) is 0 Å². The zero-order valence-corrected chi connectivity index (χ0v) is 11.7. The van der Waals surface area contributed by atoms with Gasteiger partial charge in [-0.15, -0.1) is 11.3 Å². The van der Waals surface area contributed by atoms with Crippen molar-refractivity contribution in [2.75, 3.05) is 25.1 Å². The van der Waals surface area contributed by atoms with Crippen LogP contribution in [0.2, 0.25) is 0 Å². The summed E-state index contributed by atoms with van der Waals surface area (Å²) in [5, 5.41) is 4.63. The Kier molecular flexibility index (Phi) is 3.82. The SMILES string of the molecule is CN(CC1CCCO1)c1ncc(CNC2CC2)s1. The molecule has 2 fully saturated rings. The first-order chi connectivity index (χ1) is 8.81. The minimum Gasteiger partial charge on any atom is -0.376 e. The summed E-state index contributed by atoms with van der Waals surface area (Å²) in [6.07, 6.45) is 7.46. The molecule has 0 spiro atoms. The van der Waals surface area contributed by atoms with Crippen LogP contribution in [0.15, 0.2) is 6.20 Å². The molecular formula is C13H21N3OS. The number of likely N-dealkylation sites (N-methyl/N-ethyl adjacent to an activating group) is 1. The number of hydrogen-bond donors (Lipinski definition) is 1. The van der Waals surface area contributed by atoms with Crippen LogP contribution in [0.25, 0.3) is 0 Å². The molecule has 1 saturated heterocycles. The average Bonchev–Trinajstić information content (AvgIpc) is 2.88. The molecule has 4 nitrogen and oxygen atoms in total. The Hall–Kier alpha value is -0.650. The lowest BCUT2D eigenvalue weighted by Crippen LogP contribution is -2.28. The van der Waals surface area contributed by atoms with Gasteiger partial charge in [-0.3, -0.25) is 0 Å². The first-order valence-corrected chi connectivity index (χ1v) is 7.64. The maximum Gasteiger partial charge on any atom is 0.185 e. The first kappa shape index (κ1) is 12.4. The van der Waals surface area contributed by atoms with Crippen molar-refractivity contribution in [1.29, 1.82) is 0 Å². The number of rotatable bonds is 6. The van der Waals surface area contributed by atoms with Crippen LogP contribution in [0.5, 0.6) is 0 Å². The fourth-order valence-electron chi connectivity index (χ4n) is 2.26. The molecule has 100 valence electrons. The van der Waals surface area contributed by atoms with E-state index in [1.54, 1.807) is 11.3 Å². The number of nitrogens with one attached hydrogen (secondary N) is 1. The van der Waals surface area contributed by atoms with Crippen LogP contribution in [-0.4, -0.2) is 37.3 Å². The Morgan fingerprint density at radius 3 is 3.11 bits per heavy atom. The molecule has 1 aliphatic carbocycles. The summed E-state index contributed by atoms with van der Waals surface area (Å²) in [5.74, 6) is 0. The molecule has 1 unspecified atom stereocenters. The second-order valence-corrected chi connectivity index (χ2v) is 6.37. The van der Waals surface area contributed by atoms with Gasteiger partial charge >= 0.3 is 0 Å². The van der Waals surface area contributed by atoms with Crippen molar-refractivity contribution in [2.24, 2.45) is 0 Å². The van der Waals surface area contributed by atoms with Crippen molar-refractivity contribution in [2.45, 2.75) is 44.4 Å². The number of thiazole rings is 1.